The number of carboxylic acids is 1. The highest BCUT2D eigenvalue weighted by atomic mass is 32.2. The zero-order valence-electron chi connectivity index (χ0n) is 12.4. The van der Waals surface area contributed by atoms with Gasteiger partial charge < -0.3 is 5.11 Å². The third-order valence-corrected chi connectivity index (χ3v) is 7.56. The van der Waals surface area contributed by atoms with Crippen molar-refractivity contribution in [2.24, 2.45) is 5.92 Å². The summed E-state index contributed by atoms with van der Waals surface area (Å²) < 4.78 is 28.9. The number of hydrogen-bond donors (Lipinski definition) is 1. The van der Waals surface area contributed by atoms with Crippen molar-refractivity contribution >= 4 is 16.2 Å². The van der Waals surface area contributed by atoms with Crippen LogP contribution < -0.4 is 0 Å². The van der Waals surface area contributed by atoms with Gasteiger partial charge in [0.15, 0.2) is 0 Å². The number of nitrogens with zero attached hydrogens (tertiary/aromatic N) is 2. The predicted molar refractivity (Wildman–Crippen MR) is 77.9 cm³/mol. The Hall–Kier alpha value is -0.660. The predicted octanol–water partition coefficient (Wildman–Crippen LogP) is 1.43. The van der Waals surface area contributed by atoms with Crippen molar-refractivity contribution in [2.75, 3.05) is 6.54 Å². The molecular formula is C14H24N2O4S. The normalized spacial score (nSPS) is 38.5. The lowest BCUT2D eigenvalue weighted by molar-refractivity contribution is -0.141. The van der Waals surface area contributed by atoms with Crippen LogP contribution in [0.5, 0.6) is 0 Å². The van der Waals surface area contributed by atoms with Crippen molar-refractivity contribution in [2.45, 2.75) is 70.0 Å². The summed E-state index contributed by atoms with van der Waals surface area (Å²) in [6.07, 6.45) is 6.03. The van der Waals surface area contributed by atoms with Crippen LogP contribution in [-0.4, -0.2) is 52.8 Å². The van der Waals surface area contributed by atoms with Crippen LogP contribution in [0.15, 0.2) is 0 Å². The number of hydrogen-bond acceptors (Lipinski definition) is 3. The van der Waals surface area contributed by atoms with Gasteiger partial charge in [-0.2, -0.15) is 17.0 Å². The molecule has 2 aliphatic heterocycles. The van der Waals surface area contributed by atoms with Crippen molar-refractivity contribution in [3.8, 4) is 0 Å². The van der Waals surface area contributed by atoms with E-state index in [4.69, 9.17) is 0 Å². The molecule has 4 unspecified atom stereocenters. The number of fused-ring (bicyclic) bond motifs is 1. The Balaban J connectivity index is 1.94. The summed E-state index contributed by atoms with van der Waals surface area (Å²) in [7, 11) is -3.67. The zero-order valence-corrected chi connectivity index (χ0v) is 13.3. The molecule has 0 spiro atoms. The molecule has 7 heteroatoms. The van der Waals surface area contributed by atoms with E-state index in [0.29, 0.717) is 13.0 Å². The van der Waals surface area contributed by atoms with Gasteiger partial charge in [0.05, 0.1) is 0 Å². The van der Waals surface area contributed by atoms with Gasteiger partial charge in [-0.05, 0) is 44.9 Å². The van der Waals surface area contributed by atoms with E-state index in [-0.39, 0.29) is 18.0 Å². The fourth-order valence-corrected chi connectivity index (χ4v) is 6.61. The first-order chi connectivity index (χ1) is 9.93. The van der Waals surface area contributed by atoms with E-state index in [1.54, 1.807) is 0 Å². The minimum atomic E-state index is -3.67. The monoisotopic (exact) mass is 316 g/mol. The summed E-state index contributed by atoms with van der Waals surface area (Å²) in [6.45, 7) is 2.43. The van der Waals surface area contributed by atoms with Gasteiger partial charge in [-0.3, -0.25) is 4.79 Å². The van der Waals surface area contributed by atoms with Gasteiger partial charge in [0.2, 0.25) is 0 Å². The maximum atomic E-state index is 13.0. The molecule has 1 aliphatic carbocycles. The van der Waals surface area contributed by atoms with Gasteiger partial charge in [-0.1, -0.05) is 12.8 Å². The Kier molecular flexibility index (Phi) is 4.00. The molecule has 4 atom stereocenters. The van der Waals surface area contributed by atoms with Crippen LogP contribution in [0.1, 0.15) is 51.9 Å². The second-order valence-corrected chi connectivity index (χ2v) is 8.43. The minimum absolute atomic E-state index is 0.0212. The first-order valence-electron chi connectivity index (χ1n) is 7.96. The van der Waals surface area contributed by atoms with Crippen molar-refractivity contribution in [3.05, 3.63) is 0 Å². The van der Waals surface area contributed by atoms with E-state index in [1.807, 2.05) is 6.92 Å². The fraction of sp³-hybridized carbons (Fsp3) is 0.929. The highest BCUT2D eigenvalue weighted by molar-refractivity contribution is 7.86. The Morgan fingerprint density at radius 3 is 2.48 bits per heavy atom. The highest BCUT2D eigenvalue weighted by Gasteiger charge is 2.53. The smallest absolute Gasteiger partial charge is 0.322 e. The van der Waals surface area contributed by atoms with Gasteiger partial charge in [0, 0.05) is 18.6 Å². The molecule has 0 amide bonds. The van der Waals surface area contributed by atoms with Crippen LogP contribution >= 0.6 is 0 Å². The zero-order chi connectivity index (χ0) is 15.2. The number of aliphatic carboxylic acids is 1. The molecule has 21 heavy (non-hydrogen) atoms. The van der Waals surface area contributed by atoms with Crippen molar-refractivity contribution in [1.82, 2.24) is 8.61 Å². The second-order valence-electron chi connectivity index (χ2n) is 6.64. The van der Waals surface area contributed by atoms with Crippen molar-refractivity contribution in [3.63, 3.8) is 0 Å². The maximum absolute atomic E-state index is 13.0. The van der Waals surface area contributed by atoms with Crippen LogP contribution in [0.25, 0.3) is 0 Å². The molecule has 0 aromatic carbocycles. The molecule has 2 heterocycles. The first kappa shape index (κ1) is 15.2. The molecule has 1 N–H and O–H groups in total. The maximum Gasteiger partial charge on any atom is 0.322 e. The fourth-order valence-electron chi connectivity index (χ4n) is 4.33. The van der Waals surface area contributed by atoms with Gasteiger partial charge in [0.25, 0.3) is 10.2 Å². The summed E-state index contributed by atoms with van der Waals surface area (Å²) in [5, 5.41) is 9.48. The van der Waals surface area contributed by atoms with Crippen LogP contribution in [-0.2, 0) is 15.0 Å². The van der Waals surface area contributed by atoms with Crippen molar-refractivity contribution in [1.29, 1.82) is 0 Å². The van der Waals surface area contributed by atoms with E-state index in [0.717, 1.165) is 38.5 Å². The minimum Gasteiger partial charge on any atom is -0.480 e. The Morgan fingerprint density at radius 2 is 1.86 bits per heavy atom. The Labute approximate surface area is 126 Å². The lowest BCUT2D eigenvalue weighted by Crippen LogP contribution is -2.53. The van der Waals surface area contributed by atoms with E-state index in [1.165, 1.54) is 8.61 Å². The SMILES string of the molecule is CC1CCCN1S(=O)(=O)N1C(C(=O)O)CC2CCCCC21. The Bertz CT molecular complexity index is 521. The van der Waals surface area contributed by atoms with Crippen LogP contribution in [0.4, 0.5) is 0 Å². The van der Waals surface area contributed by atoms with Crippen LogP contribution in [0.2, 0.25) is 0 Å². The molecule has 3 fully saturated rings. The molecule has 1 saturated carbocycles. The number of carbonyl (C=O) groups is 1. The summed E-state index contributed by atoms with van der Waals surface area (Å²) in [6, 6.07) is -1.01. The van der Waals surface area contributed by atoms with Gasteiger partial charge >= 0.3 is 5.97 Å². The van der Waals surface area contributed by atoms with Gasteiger partial charge in [-0.15, -0.1) is 0 Å². The highest BCUT2D eigenvalue weighted by Crippen LogP contribution is 2.42. The summed E-state index contributed by atoms with van der Waals surface area (Å²) in [5.74, 6) is -0.785. The molecule has 0 aromatic rings. The topological polar surface area (TPSA) is 77.9 Å². The summed E-state index contributed by atoms with van der Waals surface area (Å²) >= 11 is 0. The first-order valence-corrected chi connectivity index (χ1v) is 9.35. The van der Waals surface area contributed by atoms with Gasteiger partial charge in [-0.25, -0.2) is 0 Å². The molecule has 0 radical (unpaired) electrons. The quantitative estimate of drug-likeness (QED) is 0.854. The van der Waals surface area contributed by atoms with Crippen LogP contribution in [0, 0.1) is 5.92 Å². The molecule has 3 aliphatic rings. The molecule has 0 bridgehead atoms. The molecule has 120 valence electrons. The molecule has 2 saturated heterocycles. The number of rotatable bonds is 3. The molecule has 3 rings (SSSR count). The average molecular weight is 316 g/mol. The summed E-state index contributed by atoms with van der Waals surface area (Å²) in [4.78, 5) is 11.6. The molecule has 0 aromatic heterocycles. The third-order valence-electron chi connectivity index (χ3n) is 5.37. The molecular weight excluding hydrogens is 292 g/mol. The lowest BCUT2D eigenvalue weighted by Gasteiger charge is -2.35. The van der Waals surface area contributed by atoms with E-state index < -0.39 is 22.2 Å². The molecule has 6 nitrogen and oxygen atoms in total. The van der Waals surface area contributed by atoms with E-state index in [2.05, 4.69) is 0 Å². The van der Waals surface area contributed by atoms with Crippen molar-refractivity contribution < 1.29 is 18.3 Å². The summed E-state index contributed by atoms with van der Waals surface area (Å²) in [5.41, 5.74) is 0. The average Bonchev–Trinajstić information content (AvgIpc) is 3.02. The largest absolute Gasteiger partial charge is 0.480 e. The van der Waals surface area contributed by atoms with Crippen LogP contribution in [0.3, 0.4) is 0 Å². The lowest BCUT2D eigenvalue weighted by atomic mass is 9.85. The van der Waals surface area contributed by atoms with E-state index >= 15 is 0 Å². The number of carboxylic acid groups (broad SMARTS) is 1. The Morgan fingerprint density at radius 1 is 1.14 bits per heavy atom. The van der Waals surface area contributed by atoms with E-state index in [9.17, 15) is 18.3 Å². The standard InChI is InChI=1S/C14H24N2O4S/c1-10-5-4-8-15(10)21(19,20)16-12-7-3-2-6-11(12)9-13(16)14(17)18/h10-13H,2-9H2,1H3,(H,17,18). The second kappa shape index (κ2) is 5.52. The van der Waals surface area contributed by atoms with Gasteiger partial charge in [0.1, 0.15) is 6.04 Å². The third kappa shape index (κ3) is 2.49.